The average molecular weight is 366 g/mol. The average Bonchev–Trinajstić information content (AvgIpc) is 3.23. The second-order valence-corrected chi connectivity index (χ2v) is 7.25. The number of benzene rings is 1. The van der Waals surface area contributed by atoms with Crippen LogP contribution in [0.25, 0.3) is 0 Å². The fourth-order valence-electron chi connectivity index (χ4n) is 2.77. The minimum atomic E-state index is -0.110. The molecule has 1 saturated heterocycles. The maximum absolute atomic E-state index is 12.2. The van der Waals surface area contributed by atoms with Crippen molar-refractivity contribution in [1.29, 1.82) is 0 Å². The third-order valence-corrected chi connectivity index (χ3v) is 5.11. The van der Waals surface area contributed by atoms with Crippen molar-refractivity contribution in [2.75, 3.05) is 30.3 Å². The number of carbonyl (C=O) groups is 1. The summed E-state index contributed by atoms with van der Waals surface area (Å²) in [6.45, 7) is 2.63. The highest BCUT2D eigenvalue weighted by Gasteiger charge is 2.16. The standard InChI is InChI=1S/C16H20ClN5OS/c17-12-10-11(5-6-13(12)22-8-1-2-9-22)15(23)19-7-3-4-14-20-21-16(18)24-14/h5-6,10H,1-4,7-9H2,(H2,18,21)(H,19,23). The van der Waals surface area contributed by atoms with E-state index in [0.717, 1.165) is 36.6 Å². The smallest absolute Gasteiger partial charge is 0.251 e. The molecule has 0 saturated carbocycles. The molecule has 0 bridgehead atoms. The molecular weight excluding hydrogens is 346 g/mol. The predicted octanol–water partition coefficient (Wildman–Crippen LogP) is 2.74. The van der Waals surface area contributed by atoms with Gasteiger partial charge in [0, 0.05) is 31.6 Å². The van der Waals surface area contributed by atoms with Gasteiger partial charge in [0.05, 0.1) is 10.7 Å². The molecule has 6 nitrogen and oxygen atoms in total. The quantitative estimate of drug-likeness (QED) is 0.769. The first kappa shape index (κ1) is 17.0. The topological polar surface area (TPSA) is 84.1 Å². The summed E-state index contributed by atoms with van der Waals surface area (Å²) < 4.78 is 0. The summed E-state index contributed by atoms with van der Waals surface area (Å²) in [6.07, 6.45) is 3.93. The van der Waals surface area contributed by atoms with Crippen LogP contribution < -0.4 is 16.0 Å². The summed E-state index contributed by atoms with van der Waals surface area (Å²) in [5.41, 5.74) is 7.14. The van der Waals surface area contributed by atoms with Crippen LogP contribution in [0.5, 0.6) is 0 Å². The molecule has 3 rings (SSSR count). The van der Waals surface area contributed by atoms with E-state index in [2.05, 4.69) is 20.4 Å². The Hall–Kier alpha value is -1.86. The Morgan fingerprint density at radius 1 is 1.33 bits per heavy atom. The van der Waals surface area contributed by atoms with E-state index >= 15 is 0 Å². The van der Waals surface area contributed by atoms with E-state index in [-0.39, 0.29) is 5.91 Å². The van der Waals surface area contributed by atoms with Gasteiger partial charge in [0.15, 0.2) is 0 Å². The first-order valence-electron chi connectivity index (χ1n) is 8.04. The number of hydrogen-bond donors (Lipinski definition) is 2. The van der Waals surface area contributed by atoms with Crippen LogP contribution in [0.15, 0.2) is 18.2 Å². The lowest BCUT2D eigenvalue weighted by Gasteiger charge is -2.19. The van der Waals surface area contributed by atoms with Crippen molar-refractivity contribution in [2.24, 2.45) is 0 Å². The SMILES string of the molecule is Nc1nnc(CCCNC(=O)c2ccc(N3CCCC3)c(Cl)c2)s1. The van der Waals surface area contributed by atoms with E-state index in [1.165, 1.54) is 24.2 Å². The second-order valence-electron chi connectivity index (χ2n) is 5.75. The Balaban J connectivity index is 1.50. The molecule has 1 aliphatic rings. The summed E-state index contributed by atoms with van der Waals surface area (Å²) in [6, 6.07) is 5.52. The van der Waals surface area contributed by atoms with E-state index in [1.807, 2.05) is 12.1 Å². The zero-order chi connectivity index (χ0) is 16.9. The van der Waals surface area contributed by atoms with Gasteiger partial charge in [-0.25, -0.2) is 0 Å². The number of halogens is 1. The maximum Gasteiger partial charge on any atom is 0.251 e. The number of amides is 1. The first-order chi connectivity index (χ1) is 11.6. The summed E-state index contributed by atoms with van der Waals surface area (Å²) in [5, 5.41) is 12.6. The van der Waals surface area contributed by atoms with Crippen LogP contribution in [0.3, 0.4) is 0 Å². The van der Waals surface area contributed by atoms with E-state index < -0.39 is 0 Å². The van der Waals surface area contributed by atoms with Crippen LogP contribution in [-0.4, -0.2) is 35.7 Å². The predicted molar refractivity (Wildman–Crippen MR) is 97.9 cm³/mol. The molecule has 0 unspecified atom stereocenters. The molecule has 3 N–H and O–H groups in total. The Labute approximate surface area is 150 Å². The number of hydrogen-bond acceptors (Lipinski definition) is 6. The number of nitrogen functional groups attached to an aromatic ring is 1. The molecule has 128 valence electrons. The number of aryl methyl sites for hydroxylation is 1. The first-order valence-corrected chi connectivity index (χ1v) is 9.23. The summed E-state index contributed by atoms with van der Waals surface area (Å²) >= 11 is 7.73. The van der Waals surface area contributed by atoms with Crippen molar-refractivity contribution < 1.29 is 4.79 Å². The molecule has 8 heteroatoms. The molecule has 0 spiro atoms. The van der Waals surface area contributed by atoms with Crippen molar-refractivity contribution in [3.8, 4) is 0 Å². The van der Waals surface area contributed by atoms with Crippen LogP contribution in [0.2, 0.25) is 5.02 Å². The number of nitrogens with two attached hydrogens (primary N) is 1. The number of anilines is 2. The summed E-state index contributed by atoms with van der Waals surface area (Å²) in [4.78, 5) is 14.5. The fraction of sp³-hybridized carbons (Fsp3) is 0.438. The van der Waals surface area contributed by atoms with Crippen LogP contribution in [0, 0.1) is 0 Å². The van der Waals surface area contributed by atoms with Gasteiger partial charge in [-0.3, -0.25) is 4.79 Å². The number of carbonyl (C=O) groups excluding carboxylic acids is 1. The van der Waals surface area contributed by atoms with Gasteiger partial charge < -0.3 is 16.0 Å². The van der Waals surface area contributed by atoms with Gasteiger partial charge in [-0.05, 0) is 37.5 Å². The van der Waals surface area contributed by atoms with E-state index in [0.29, 0.717) is 22.3 Å². The molecule has 2 aromatic rings. The normalized spacial score (nSPS) is 14.1. The lowest BCUT2D eigenvalue weighted by atomic mass is 10.1. The monoisotopic (exact) mass is 365 g/mol. The number of nitrogens with one attached hydrogen (secondary N) is 1. The van der Waals surface area contributed by atoms with Gasteiger partial charge >= 0.3 is 0 Å². The number of nitrogens with zero attached hydrogens (tertiary/aromatic N) is 3. The van der Waals surface area contributed by atoms with Gasteiger partial charge in [-0.1, -0.05) is 22.9 Å². The zero-order valence-corrected chi connectivity index (χ0v) is 14.9. The van der Waals surface area contributed by atoms with Gasteiger partial charge in [-0.2, -0.15) is 0 Å². The lowest BCUT2D eigenvalue weighted by Crippen LogP contribution is -2.25. The Morgan fingerprint density at radius 3 is 2.79 bits per heavy atom. The summed E-state index contributed by atoms with van der Waals surface area (Å²) in [7, 11) is 0. The van der Waals surface area contributed by atoms with Crippen molar-refractivity contribution in [2.45, 2.75) is 25.7 Å². The van der Waals surface area contributed by atoms with E-state index in [4.69, 9.17) is 17.3 Å². The molecule has 0 radical (unpaired) electrons. The van der Waals surface area contributed by atoms with Crippen LogP contribution in [-0.2, 0) is 6.42 Å². The molecule has 0 atom stereocenters. The fourth-order valence-corrected chi connectivity index (χ4v) is 3.73. The molecular formula is C16H20ClN5OS. The molecule has 1 aliphatic heterocycles. The van der Waals surface area contributed by atoms with Crippen LogP contribution in [0.1, 0.15) is 34.6 Å². The molecule has 1 amide bonds. The Kier molecular flexibility index (Phi) is 5.52. The molecule has 1 aromatic carbocycles. The molecule has 0 aliphatic carbocycles. The molecule has 1 aromatic heterocycles. The van der Waals surface area contributed by atoms with Crippen molar-refractivity contribution in [1.82, 2.24) is 15.5 Å². The van der Waals surface area contributed by atoms with E-state index in [9.17, 15) is 4.79 Å². The highest BCUT2D eigenvalue weighted by Crippen LogP contribution is 2.29. The third kappa shape index (κ3) is 4.15. The maximum atomic E-state index is 12.2. The second kappa shape index (κ2) is 7.81. The minimum absolute atomic E-state index is 0.110. The Morgan fingerprint density at radius 2 is 2.12 bits per heavy atom. The molecule has 1 fully saturated rings. The van der Waals surface area contributed by atoms with Crippen LogP contribution >= 0.6 is 22.9 Å². The van der Waals surface area contributed by atoms with E-state index in [1.54, 1.807) is 6.07 Å². The van der Waals surface area contributed by atoms with Gasteiger partial charge in [0.2, 0.25) is 5.13 Å². The van der Waals surface area contributed by atoms with Crippen molar-refractivity contribution in [3.63, 3.8) is 0 Å². The molecule has 2 heterocycles. The third-order valence-electron chi connectivity index (χ3n) is 3.99. The highest BCUT2D eigenvalue weighted by molar-refractivity contribution is 7.15. The minimum Gasteiger partial charge on any atom is -0.374 e. The van der Waals surface area contributed by atoms with Gasteiger partial charge in [-0.15, -0.1) is 10.2 Å². The number of aromatic nitrogens is 2. The van der Waals surface area contributed by atoms with Crippen LogP contribution in [0.4, 0.5) is 10.8 Å². The zero-order valence-electron chi connectivity index (χ0n) is 13.3. The van der Waals surface area contributed by atoms with Crippen molar-refractivity contribution in [3.05, 3.63) is 33.8 Å². The Bertz CT molecular complexity index is 714. The number of rotatable bonds is 6. The summed E-state index contributed by atoms with van der Waals surface area (Å²) in [5.74, 6) is -0.110. The van der Waals surface area contributed by atoms with Gasteiger partial charge in [0.1, 0.15) is 5.01 Å². The largest absolute Gasteiger partial charge is 0.374 e. The lowest BCUT2D eigenvalue weighted by molar-refractivity contribution is 0.0953. The molecule has 24 heavy (non-hydrogen) atoms. The van der Waals surface area contributed by atoms with Crippen molar-refractivity contribution >= 4 is 39.7 Å². The highest BCUT2D eigenvalue weighted by atomic mass is 35.5. The van der Waals surface area contributed by atoms with Gasteiger partial charge in [0.25, 0.3) is 5.91 Å².